The Labute approximate surface area is 138 Å². The van der Waals surface area contributed by atoms with Crippen molar-refractivity contribution in [3.8, 4) is 11.3 Å². The van der Waals surface area contributed by atoms with Crippen LogP contribution >= 0.6 is 23.2 Å². The number of pyridine rings is 1. The van der Waals surface area contributed by atoms with Crippen molar-refractivity contribution in [3.05, 3.63) is 45.8 Å². The third-order valence-electron chi connectivity index (χ3n) is 3.11. The molecule has 0 fully saturated rings. The summed E-state index contributed by atoms with van der Waals surface area (Å²) in [6.45, 7) is 0. The topological polar surface area (TPSA) is 114 Å². The predicted molar refractivity (Wildman–Crippen MR) is 81.2 cm³/mol. The second-order valence-electron chi connectivity index (χ2n) is 4.49. The smallest absolute Gasteiger partial charge is 0.375 e. The van der Waals surface area contributed by atoms with E-state index in [2.05, 4.69) is 14.7 Å². The molecule has 9 heteroatoms. The molecular weight excluding hydrogens is 347 g/mol. The number of carboxylic acid groups (broad SMARTS) is 2. The zero-order valence-electron chi connectivity index (χ0n) is 11.1. The average Bonchev–Trinajstić information content (AvgIpc) is 2.92. The summed E-state index contributed by atoms with van der Waals surface area (Å²) < 4.78 is 4.66. The number of hydrogen-bond acceptors (Lipinski definition) is 5. The lowest BCUT2D eigenvalue weighted by molar-refractivity contribution is 0.0619. The Bertz CT molecular complexity index is 967. The standard InChI is InChI=1S/C14H6Cl2N2O5/c15-6-3-5-1-2-7(16)8(10(5)17-4-6)11-9(13(19)20)12(14(21)22)23-18-11/h1-4H,(H,19,20)(H,21,22). The lowest BCUT2D eigenvalue weighted by atomic mass is 10.0. The molecule has 2 aromatic heterocycles. The molecule has 0 amide bonds. The van der Waals surface area contributed by atoms with E-state index in [0.717, 1.165) is 0 Å². The van der Waals surface area contributed by atoms with Crippen LogP contribution in [0.2, 0.25) is 10.0 Å². The molecule has 23 heavy (non-hydrogen) atoms. The number of nitrogens with zero attached hydrogens (tertiary/aromatic N) is 2. The van der Waals surface area contributed by atoms with Gasteiger partial charge >= 0.3 is 11.9 Å². The van der Waals surface area contributed by atoms with Gasteiger partial charge in [0.2, 0.25) is 0 Å². The summed E-state index contributed by atoms with van der Waals surface area (Å²) in [7, 11) is 0. The van der Waals surface area contributed by atoms with Gasteiger partial charge < -0.3 is 14.7 Å². The Kier molecular flexibility index (Phi) is 3.67. The van der Waals surface area contributed by atoms with Crippen molar-refractivity contribution in [2.45, 2.75) is 0 Å². The highest BCUT2D eigenvalue weighted by Crippen LogP contribution is 2.37. The first-order valence-corrected chi connectivity index (χ1v) is 6.86. The molecule has 0 aliphatic carbocycles. The third-order valence-corrected chi connectivity index (χ3v) is 3.63. The minimum Gasteiger partial charge on any atom is -0.477 e. The van der Waals surface area contributed by atoms with Gasteiger partial charge in [0.1, 0.15) is 11.3 Å². The van der Waals surface area contributed by atoms with Crippen LogP contribution in [0.5, 0.6) is 0 Å². The number of fused-ring (bicyclic) bond motifs is 1. The zero-order chi connectivity index (χ0) is 16.7. The van der Waals surface area contributed by atoms with Crippen LogP contribution in [0.4, 0.5) is 0 Å². The second-order valence-corrected chi connectivity index (χ2v) is 5.34. The Hall–Kier alpha value is -2.64. The third kappa shape index (κ3) is 2.49. The molecule has 0 bridgehead atoms. The monoisotopic (exact) mass is 352 g/mol. The van der Waals surface area contributed by atoms with Gasteiger partial charge in [-0.1, -0.05) is 34.4 Å². The second kappa shape index (κ2) is 5.53. The summed E-state index contributed by atoms with van der Waals surface area (Å²) in [4.78, 5) is 26.7. The maximum Gasteiger partial charge on any atom is 0.375 e. The Morgan fingerprint density at radius 1 is 1.13 bits per heavy atom. The summed E-state index contributed by atoms with van der Waals surface area (Å²) in [5.74, 6) is -3.83. The molecule has 1 aromatic carbocycles. The van der Waals surface area contributed by atoms with Crippen LogP contribution in [-0.2, 0) is 0 Å². The minimum absolute atomic E-state index is 0.153. The molecule has 2 N–H and O–H groups in total. The number of benzene rings is 1. The molecule has 0 unspecified atom stereocenters. The largest absolute Gasteiger partial charge is 0.477 e. The lowest BCUT2D eigenvalue weighted by Crippen LogP contribution is -2.06. The highest BCUT2D eigenvalue weighted by molar-refractivity contribution is 6.35. The minimum atomic E-state index is -1.55. The maximum absolute atomic E-state index is 11.4. The molecule has 2 heterocycles. The van der Waals surface area contributed by atoms with Crippen LogP contribution in [0.15, 0.2) is 28.9 Å². The van der Waals surface area contributed by atoms with Crippen molar-refractivity contribution in [3.63, 3.8) is 0 Å². The fourth-order valence-electron chi connectivity index (χ4n) is 2.18. The number of rotatable bonds is 3. The SMILES string of the molecule is O=C(O)c1onc(-c2c(Cl)ccc3cc(Cl)cnc23)c1C(=O)O. The number of aromatic nitrogens is 2. The van der Waals surface area contributed by atoms with Crippen molar-refractivity contribution in [1.29, 1.82) is 0 Å². The number of hydrogen-bond donors (Lipinski definition) is 2. The summed E-state index contributed by atoms with van der Waals surface area (Å²) in [6, 6.07) is 4.78. The first-order chi connectivity index (χ1) is 10.9. The molecule has 0 saturated heterocycles. The number of carboxylic acids is 2. The molecule has 0 radical (unpaired) electrons. The molecule has 0 atom stereocenters. The fourth-order valence-corrected chi connectivity index (χ4v) is 2.59. The van der Waals surface area contributed by atoms with Crippen LogP contribution in [0.25, 0.3) is 22.2 Å². The van der Waals surface area contributed by atoms with E-state index in [-0.39, 0.29) is 16.3 Å². The molecule has 0 aliphatic heterocycles. The summed E-state index contributed by atoms with van der Waals surface area (Å²) in [5.41, 5.74) is -0.312. The van der Waals surface area contributed by atoms with Crippen LogP contribution in [0.3, 0.4) is 0 Å². The van der Waals surface area contributed by atoms with E-state index >= 15 is 0 Å². The van der Waals surface area contributed by atoms with Crippen molar-refractivity contribution < 1.29 is 24.3 Å². The fraction of sp³-hybridized carbons (Fsp3) is 0. The van der Waals surface area contributed by atoms with E-state index in [0.29, 0.717) is 15.9 Å². The van der Waals surface area contributed by atoms with Gasteiger partial charge in [0.05, 0.1) is 15.6 Å². The van der Waals surface area contributed by atoms with E-state index in [1.165, 1.54) is 12.3 Å². The van der Waals surface area contributed by atoms with E-state index in [1.54, 1.807) is 12.1 Å². The molecular formula is C14H6Cl2N2O5. The predicted octanol–water partition coefficient (Wildman–Crippen LogP) is 3.59. The Balaban J connectivity index is 2.40. The van der Waals surface area contributed by atoms with Crippen LogP contribution in [0, 0.1) is 0 Å². The highest BCUT2D eigenvalue weighted by atomic mass is 35.5. The van der Waals surface area contributed by atoms with Gasteiger partial charge in [0.15, 0.2) is 0 Å². The lowest BCUT2D eigenvalue weighted by Gasteiger charge is -2.06. The van der Waals surface area contributed by atoms with Gasteiger partial charge in [-0.25, -0.2) is 9.59 Å². The first-order valence-electron chi connectivity index (χ1n) is 6.10. The molecule has 0 aliphatic rings. The number of carbonyl (C=O) groups is 2. The van der Waals surface area contributed by atoms with Crippen LogP contribution < -0.4 is 0 Å². The van der Waals surface area contributed by atoms with Crippen LogP contribution in [-0.4, -0.2) is 32.3 Å². The molecule has 116 valence electrons. The van der Waals surface area contributed by atoms with E-state index in [9.17, 15) is 14.7 Å². The van der Waals surface area contributed by atoms with Gasteiger partial charge in [-0.3, -0.25) is 4.98 Å². The average molecular weight is 353 g/mol. The van der Waals surface area contributed by atoms with Gasteiger partial charge in [0, 0.05) is 17.1 Å². The highest BCUT2D eigenvalue weighted by Gasteiger charge is 2.30. The molecule has 3 rings (SSSR count). The molecule has 0 spiro atoms. The van der Waals surface area contributed by atoms with Crippen LogP contribution in [0.1, 0.15) is 20.9 Å². The quantitative estimate of drug-likeness (QED) is 0.739. The molecule has 0 saturated carbocycles. The molecule has 7 nitrogen and oxygen atoms in total. The van der Waals surface area contributed by atoms with Gasteiger partial charge in [-0.05, 0) is 12.1 Å². The van der Waals surface area contributed by atoms with E-state index in [1.807, 2.05) is 0 Å². The summed E-state index contributed by atoms with van der Waals surface area (Å²) >= 11 is 12.0. The Morgan fingerprint density at radius 2 is 1.87 bits per heavy atom. The molecule has 3 aromatic rings. The van der Waals surface area contributed by atoms with Crippen molar-refractivity contribution in [2.75, 3.05) is 0 Å². The van der Waals surface area contributed by atoms with Gasteiger partial charge in [-0.15, -0.1) is 0 Å². The van der Waals surface area contributed by atoms with E-state index in [4.69, 9.17) is 28.3 Å². The van der Waals surface area contributed by atoms with Gasteiger partial charge in [-0.2, -0.15) is 0 Å². The van der Waals surface area contributed by atoms with Crippen molar-refractivity contribution >= 4 is 46.0 Å². The summed E-state index contributed by atoms with van der Waals surface area (Å²) in [5, 5.41) is 23.0. The Morgan fingerprint density at radius 3 is 2.52 bits per heavy atom. The zero-order valence-corrected chi connectivity index (χ0v) is 12.6. The number of aromatic carboxylic acids is 2. The normalized spacial score (nSPS) is 10.9. The number of halogens is 2. The maximum atomic E-state index is 11.4. The van der Waals surface area contributed by atoms with E-state index < -0.39 is 23.3 Å². The van der Waals surface area contributed by atoms with Crippen molar-refractivity contribution in [1.82, 2.24) is 10.1 Å². The van der Waals surface area contributed by atoms with Crippen molar-refractivity contribution in [2.24, 2.45) is 0 Å². The van der Waals surface area contributed by atoms with Gasteiger partial charge in [0.25, 0.3) is 5.76 Å². The summed E-state index contributed by atoms with van der Waals surface area (Å²) in [6.07, 6.45) is 1.36. The first kappa shape index (κ1) is 15.3.